The average molecular weight is 370 g/mol. The first-order valence-electron chi connectivity index (χ1n) is 10.3. The van der Waals surface area contributed by atoms with Gasteiger partial charge in [0, 0.05) is 25.2 Å². The number of nitrogens with zero attached hydrogens (tertiary/aromatic N) is 2. The first-order valence-corrected chi connectivity index (χ1v) is 10.3. The molecule has 2 aliphatic rings. The molecule has 1 aromatic heterocycles. The molecule has 6 heteroatoms. The first-order chi connectivity index (χ1) is 13.1. The summed E-state index contributed by atoms with van der Waals surface area (Å²) in [5.74, 6) is 0.735. The topological polar surface area (TPSA) is 70.1 Å². The summed E-state index contributed by atoms with van der Waals surface area (Å²) in [7, 11) is 0. The van der Waals surface area contributed by atoms with Gasteiger partial charge >= 0.3 is 5.69 Å². The van der Waals surface area contributed by atoms with Crippen LogP contribution in [0.15, 0.2) is 29.1 Å². The van der Waals surface area contributed by atoms with Crippen LogP contribution in [0.1, 0.15) is 51.5 Å². The fourth-order valence-electron chi connectivity index (χ4n) is 4.76. The summed E-state index contributed by atoms with van der Waals surface area (Å²) in [5.41, 5.74) is 1.84. The van der Waals surface area contributed by atoms with Crippen LogP contribution in [0.25, 0.3) is 11.0 Å². The predicted octanol–water partition coefficient (Wildman–Crippen LogP) is 2.66. The number of carbonyl (C=O) groups excluding carboxylic acids is 1. The molecule has 1 aliphatic carbocycles. The van der Waals surface area contributed by atoms with E-state index in [1.165, 1.54) is 19.3 Å². The lowest BCUT2D eigenvalue weighted by Crippen LogP contribution is -2.47. The quantitative estimate of drug-likeness (QED) is 0.869. The Labute approximate surface area is 159 Å². The van der Waals surface area contributed by atoms with Crippen LogP contribution in [0.3, 0.4) is 0 Å². The SMILES string of the molecule is CC1CCCCC1NC(=O)CN1CCC(n2c(=O)[nH]c3ccccc32)CC1. The number of H-pyrrole nitrogens is 1. The van der Waals surface area contributed by atoms with Crippen LogP contribution in [-0.4, -0.2) is 46.0 Å². The summed E-state index contributed by atoms with van der Waals surface area (Å²) in [4.78, 5) is 30.0. The Morgan fingerprint density at radius 3 is 2.67 bits per heavy atom. The maximum Gasteiger partial charge on any atom is 0.326 e. The number of hydrogen-bond donors (Lipinski definition) is 2. The fraction of sp³-hybridized carbons (Fsp3) is 0.619. The molecule has 2 fully saturated rings. The summed E-state index contributed by atoms with van der Waals surface area (Å²) < 4.78 is 1.90. The maximum absolute atomic E-state index is 12.5. The number of likely N-dealkylation sites (tertiary alicyclic amines) is 1. The zero-order chi connectivity index (χ0) is 18.8. The van der Waals surface area contributed by atoms with Gasteiger partial charge < -0.3 is 10.3 Å². The van der Waals surface area contributed by atoms with Crippen molar-refractivity contribution in [3.63, 3.8) is 0 Å². The van der Waals surface area contributed by atoms with Gasteiger partial charge in [-0.3, -0.25) is 14.3 Å². The number of nitrogens with one attached hydrogen (secondary N) is 2. The van der Waals surface area contributed by atoms with Gasteiger partial charge in [0.15, 0.2) is 0 Å². The van der Waals surface area contributed by atoms with Gasteiger partial charge in [-0.15, -0.1) is 0 Å². The van der Waals surface area contributed by atoms with Gasteiger partial charge in [-0.05, 0) is 43.7 Å². The van der Waals surface area contributed by atoms with E-state index in [2.05, 4.69) is 22.1 Å². The van der Waals surface area contributed by atoms with E-state index in [9.17, 15) is 9.59 Å². The molecule has 2 N–H and O–H groups in total. The van der Waals surface area contributed by atoms with Gasteiger partial charge in [-0.2, -0.15) is 0 Å². The van der Waals surface area contributed by atoms with Gasteiger partial charge in [-0.25, -0.2) is 4.79 Å². The standard InChI is InChI=1S/C21H30N4O2/c1-15-6-2-3-7-17(15)22-20(26)14-24-12-10-16(11-13-24)25-19-9-5-4-8-18(19)23-21(25)27/h4-5,8-9,15-17H,2-3,6-7,10-14H2,1H3,(H,22,26)(H,23,27). The molecule has 27 heavy (non-hydrogen) atoms. The number of benzene rings is 1. The summed E-state index contributed by atoms with van der Waals surface area (Å²) in [6.07, 6.45) is 6.63. The molecule has 1 aromatic carbocycles. The van der Waals surface area contributed by atoms with E-state index in [4.69, 9.17) is 0 Å². The Balaban J connectivity index is 1.33. The Kier molecular flexibility index (Phi) is 5.34. The highest BCUT2D eigenvalue weighted by molar-refractivity contribution is 5.78. The molecule has 0 spiro atoms. The number of rotatable bonds is 4. The van der Waals surface area contributed by atoms with E-state index in [1.54, 1.807) is 0 Å². The highest BCUT2D eigenvalue weighted by atomic mass is 16.2. The van der Waals surface area contributed by atoms with Crippen molar-refractivity contribution < 1.29 is 4.79 Å². The molecule has 2 aromatic rings. The number of imidazole rings is 1. The molecule has 146 valence electrons. The van der Waals surface area contributed by atoms with Crippen molar-refractivity contribution in [2.75, 3.05) is 19.6 Å². The highest BCUT2D eigenvalue weighted by Gasteiger charge is 2.26. The van der Waals surface area contributed by atoms with Gasteiger partial charge in [0.1, 0.15) is 0 Å². The van der Waals surface area contributed by atoms with Crippen molar-refractivity contribution >= 4 is 16.9 Å². The molecule has 6 nitrogen and oxygen atoms in total. The largest absolute Gasteiger partial charge is 0.352 e. The van der Waals surface area contributed by atoms with Crippen LogP contribution >= 0.6 is 0 Å². The molecule has 2 heterocycles. The zero-order valence-corrected chi connectivity index (χ0v) is 16.1. The van der Waals surface area contributed by atoms with Crippen LogP contribution in [-0.2, 0) is 4.79 Å². The van der Waals surface area contributed by atoms with Crippen LogP contribution in [0.4, 0.5) is 0 Å². The molecule has 0 bridgehead atoms. The number of carbonyl (C=O) groups is 1. The smallest absolute Gasteiger partial charge is 0.326 e. The van der Waals surface area contributed by atoms with Crippen LogP contribution in [0.2, 0.25) is 0 Å². The van der Waals surface area contributed by atoms with E-state index >= 15 is 0 Å². The molecule has 1 saturated carbocycles. The van der Waals surface area contributed by atoms with Crippen molar-refractivity contribution in [3.05, 3.63) is 34.7 Å². The number of hydrogen-bond acceptors (Lipinski definition) is 3. The Morgan fingerprint density at radius 2 is 1.89 bits per heavy atom. The second-order valence-corrected chi connectivity index (χ2v) is 8.26. The van der Waals surface area contributed by atoms with E-state index in [1.807, 2.05) is 28.8 Å². The number of fused-ring (bicyclic) bond motifs is 1. The van der Waals surface area contributed by atoms with Crippen LogP contribution in [0, 0.1) is 5.92 Å². The van der Waals surface area contributed by atoms with Crippen molar-refractivity contribution in [3.8, 4) is 0 Å². The highest BCUT2D eigenvalue weighted by Crippen LogP contribution is 2.25. The van der Waals surface area contributed by atoms with E-state index in [0.717, 1.165) is 43.4 Å². The summed E-state index contributed by atoms with van der Waals surface area (Å²) in [5, 5.41) is 3.25. The van der Waals surface area contributed by atoms with Crippen molar-refractivity contribution in [1.29, 1.82) is 0 Å². The minimum Gasteiger partial charge on any atom is -0.352 e. The monoisotopic (exact) mass is 370 g/mol. The van der Waals surface area contributed by atoms with Crippen LogP contribution in [0.5, 0.6) is 0 Å². The molecule has 2 atom stereocenters. The molecule has 4 rings (SSSR count). The van der Waals surface area contributed by atoms with Gasteiger partial charge in [0.05, 0.1) is 17.6 Å². The van der Waals surface area contributed by atoms with Crippen molar-refractivity contribution in [2.24, 2.45) is 5.92 Å². The minimum atomic E-state index is -0.0290. The maximum atomic E-state index is 12.5. The summed E-state index contributed by atoms with van der Waals surface area (Å²) >= 11 is 0. The normalized spacial score (nSPS) is 24.9. The minimum absolute atomic E-state index is 0.0290. The first kappa shape index (κ1) is 18.3. The number of piperidine rings is 1. The molecular formula is C21H30N4O2. The second-order valence-electron chi connectivity index (χ2n) is 8.26. The molecule has 1 aliphatic heterocycles. The molecule has 2 unspecified atom stereocenters. The number of amides is 1. The Bertz CT molecular complexity index is 847. The third-order valence-electron chi connectivity index (χ3n) is 6.37. The zero-order valence-electron chi connectivity index (χ0n) is 16.1. The van der Waals surface area contributed by atoms with E-state index in [0.29, 0.717) is 18.5 Å². The Hall–Kier alpha value is -2.08. The number of para-hydroxylation sites is 2. The van der Waals surface area contributed by atoms with Gasteiger partial charge in [0.25, 0.3) is 0 Å². The third kappa shape index (κ3) is 3.95. The third-order valence-corrected chi connectivity index (χ3v) is 6.37. The molecular weight excluding hydrogens is 340 g/mol. The number of aromatic amines is 1. The second kappa shape index (κ2) is 7.89. The van der Waals surface area contributed by atoms with Crippen molar-refractivity contribution in [1.82, 2.24) is 19.8 Å². The van der Waals surface area contributed by atoms with Gasteiger partial charge in [-0.1, -0.05) is 31.9 Å². The van der Waals surface area contributed by atoms with Crippen molar-refractivity contribution in [2.45, 2.75) is 57.5 Å². The molecule has 1 amide bonds. The lowest BCUT2D eigenvalue weighted by atomic mass is 9.86. The lowest BCUT2D eigenvalue weighted by molar-refractivity contribution is -0.123. The summed E-state index contributed by atoms with van der Waals surface area (Å²) in [6.45, 7) is 4.42. The predicted molar refractivity (Wildman–Crippen MR) is 107 cm³/mol. The fourth-order valence-corrected chi connectivity index (χ4v) is 4.76. The summed E-state index contributed by atoms with van der Waals surface area (Å²) in [6, 6.07) is 8.39. The lowest BCUT2D eigenvalue weighted by Gasteiger charge is -2.33. The Morgan fingerprint density at radius 1 is 1.15 bits per heavy atom. The van der Waals surface area contributed by atoms with E-state index < -0.39 is 0 Å². The number of aromatic nitrogens is 2. The van der Waals surface area contributed by atoms with Crippen LogP contribution < -0.4 is 11.0 Å². The van der Waals surface area contributed by atoms with Gasteiger partial charge in [0.2, 0.25) is 5.91 Å². The average Bonchev–Trinajstić information content (AvgIpc) is 3.00. The molecule has 0 radical (unpaired) electrons. The van der Waals surface area contributed by atoms with E-state index in [-0.39, 0.29) is 17.6 Å². The molecule has 1 saturated heterocycles.